The number of nitrogens with zero attached hydrogens (tertiary/aromatic N) is 1. The van der Waals surface area contributed by atoms with Crippen LogP contribution in [-0.4, -0.2) is 29.9 Å². The van der Waals surface area contributed by atoms with Gasteiger partial charge in [-0.2, -0.15) is 0 Å². The highest BCUT2D eigenvalue weighted by molar-refractivity contribution is 7.10. The molecule has 2 heterocycles. The van der Waals surface area contributed by atoms with Crippen LogP contribution in [0.25, 0.3) is 0 Å². The topological polar surface area (TPSA) is 46.6 Å². The highest BCUT2D eigenvalue weighted by Gasteiger charge is 2.24. The number of fused-ring (bicyclic) bond motifs is 1. The molecule has 0 bridgehead atoms. The molecule has 4 nitrogen and oxygen atoms in total. The maximum Gasteiger partial charge on any atom is 0.343 e. The molecule has 3 rings (SSSR count). The van der Waals surface area contributed by atoms with E-state index in [-0.39, 0.29) is 16.5 Å². The van der Waals surface area contributed by atoms with Crippen LogP contribution in [0.15, 0.2) is 29.6 Å². The molecule has 0 N–H and O–H groups in total. The van der Waals surface area contributed by atoms with E-state index in [9.17, 15) is 14.0 Å². The van der Waals surface area contributed by atoms with Crippen LogP contribution < -0.4 is 0 Å². The Hall–Kier alpha value is -1.92. The van der Waals surface area contributed by atoms with Crippen LogP contribution >= 0.6 is 22.9 Å². The van der Waals surface area contributed by atoms with Crippen LogP contribution in [0.3, 0.4) is 0 Å². The maximum atomic E-state index is 13.6. The monoisotopic (exact) mass is 353 g/mol. The third-order valence-electron chi connectivity index (χ3n) is 3.65. The van der Waals surface area contributed by atoms with Gasteiger partial charge in [0.15, 0.2) is 6.61 Å². The first kappa shape index (κ1) is 16.0. The Morgan fingerprint density at radius 2 is 2.17 bits per heavy atom. The van der Waals surface area contributed by atoms with Gasteiger partial charge in [0.25, 0.3) is 5.91 Å². The molecule has 1 aromatic carbocycles. The normalized spacial score (nSPS) is 13.6. The Morgan fingerprint density at radius 3 is 2.96 bits per heavy atom. The van der Waals surface area contributed by atoms with Crippen molar-refractivity contribution in [2.75, 3.05) is 13.2 Å². The molecule has 0 fully saturated rings. The minimum absolute atomic E-state index is 0.0386. The number of hydrogen-bond acceptors (Lipinski definition) is 4. The Bertz CT molecular complexity index is 741. The van der Waals surface area contributed by atoms with Gasteiger partial charge in [0.1, 0.15) is 11.4 Å². The fourth-order valence-electron chi connectivity index (χ4n) is 2.44. The summed E-state index contributed by atoms with van der Waals surface area (Å²) in [5.74, 6) is -2.01. The highest BCUT2D eigenvalue weighted by atomic mass is 35.5. The van der Waals surface area contributed by atoms with E-state index in [2.05, 4.69) is 0 Å². The molecule has 0 saturated heterocycles. The smallest absolute Gasteiger partial charge is 0.343 e. The molecule has 1 aliphatic rings. The van der Waals surface area contributed by atoms with Crippen molar-refractivity contribution in [1.82, 2.24) is 4.90 Å². The molecule has 7 heteroatoms. The van der Waals surface area contributed by atoms with Crippen molar-refractivity contribution in [3.8, 4) is 0 Å². The summed E-state index contributed by atoms with van der Waals surface area (Å²) >= 11 is 7.48. The average molecular weight is 354 g/mol. The van der Waals surface area contributed by atoms with Crippen LogP contribution in [0.5, 0.6) is 0 Å². The zero-order valence-corrected chi connectivity index (χ0v) is 13.6. The van der Waals surface area contributed by atoms with Crippen LogP contribution in [0, 0.1) is 5.82 Å². The molecule has 0 radical (unpaired) electrons. The Kier molecular flexibility index (Phi) is 4.63. The van der Waals surface area contributed by atoms with Gasteiger partial charge in [0.2, 0.25) is 0 Å². The molecular formula is C16H13ClFNO3S. The fraction of sp³-hybridized carbons (Fsp3) is 0.250. The second-order valence-electron chi connectivity index (χ2n) is 5.11. The fourth-order valence-corrected chi connectivity index (χ4v) is 3.57. The van der Waals surface area contributed by atoms with Crippen molar-refractivity contribution in [1.29, 1.82) is 0 Å². The quantitative estimate of drug-likeness (QED) is 0.795. The Morgan fingerprint density at radius 1 is 1.35 bits per heavy atom. The van der Waals surface area contributed by atoms with Crippen LogP contribution in [0.1, 0.15) is 20.8 Å². The lowest BCUT2D eigenvalue weighted by Gasteiger charge is -2.26. The molecule has 120 valence electrons. The predicted octanol–water partition coefficient (Wildman–Crippen LogP) is 3.28. The molecule has 0 unspecified atom stereocenters. The Labute approximate surface area is 141 Å². The number of benzene rings is 1. The molecule has 0 atom stereocenters. The summed E-state index contributed by atoms with van der Waals surface area (Å²) in [6.07, 6.45) is 0.797. The van der Waals surface area contributed by atoms with E-state index in [1.165, 1.54) is 17.0 Å². The molecule has 23 heavy (non-hydrogen) atoms. The molecule has 1 aromatic heterocycles. The van der Waals surface area contributed by atoms with Crippen molar-refractivity contribution in [3.63, 3.8) is 0 Å². The first-order chi connectivity index (χ1) is 11.1. The third kappa shape index (κ3) is 3.38. The number of ether oxygens (including phenoxy) is 1. The summed E-state index contributed by atoms with van der Waals surface area (Å²) in [5, 5.41) is 1.96. The summed E-state index contributed by atoms with van der Waals surface area (Å²) < 4.78 is 18.6. The van der Waals surface area contributed by atoms with Crippen LogP contribution in [0.2, 0.25) is 5.02 Å². The molecule has 2 aromatic rings. The second kappa shape index (κ2) is 6.68. The van der Waals surface area contributed by atoms with E-state index in [4.69, 9.17) is 16.3 Å². The van der Waals surface area contributed by atoms with Gasteiger partial charge in [-0.3, -0.25) is 4.79 Å². The van der Waals surface area contributed by atoms with Crippen molar-refractivity contribution >= 4 is 34.8 Å². The first-order valence-corrected chi connectivity index (χ1v) is 8.26. The van der Waals surface area contributed by atoms with E-state index in [1.807, 2.05) is 11.4 Å². The van der Waals surface area contributed by atoms with Crippen LogP contribution in [-0.2, 0) is 22.5 Å². The van der Waals surface area contributed by atoms with Crippen molar-refractivity contribution in [2.45, 2.75) is 13.0 Å². The van der Waals surface area contributed by atoms with Gasteiger partial charge in [-0.1, -0.05) is 17.7 Å². The van der Waals surface area contributed by atoms with E-state index >= 15 is 0 Å². The number of hydrogen-bond donors (Lipinski definition) is 0. The highest BCUT2D eigenvalue weighted by Crippen LogP contribution is 2.24. The van der Waals surface area contributed by atoms with E-state index < -0.39 is 18.4 Å². The van der Waals surface area contributed by atoms with Gasteiger partial charge < -0.3 is 9.64 Å². The predicted molar refractivity (Wildman–Crippen MR) is 85.1 cm³/mol. The number of carbonyl (C=O) groups excluding carboxylic acids is 2. The number of halogens is 2. The first-order valence-electron chi connectivity index (χ1n) is 7.00. The molecule has 1 amide bonds. The number of carbonyl (C=O) groups is 2. The lowest BCUT2D eigenvalue weighted by Crippen LogP contribution is -2.38. The van der Waals surface area contributed by atoms with Gasteiger partial charge in [-0.05, 0) is 35.6 Å². The van der Waals surface area contributed by atoms with Gasteiger partial charge in [-0.15, -0.1) is 11.3 Å². The van der Waals surface area contributed by atoms with Gasteiger partial charge >= 0.3 is 5.97 Å². The summed E-state index contributed by atoms with van der Waals surface area (Å²) in [7, 11) is 0. The summed E-state index contributed by atoms with van der Waals surface area (Å²) in [4.78, 5) is 27.0. The van der Waals surface area contributed by atoms with Gasteiger partial charge in [-0.25, -0.2) is 9.18 Å². The number of esters is 1. The number of amides is 1. The minimum Gasteiger partial charge on any atom is -0.452 e. The molecule has 0 saturated carbocycles. The third-order valence-corrected chi connectivity index (χ3v) is 4.99. The molecule has 0 aliphatic carbocycles. The van der Waals surface area contributed by atoms with E-state index in [0.29, 0.717) is 13.1 Å². The SMILES string of the molecule is O=C(OCC(=O)N1CCc2sccc2C1)c1c(F)cccc1Cl. The average Bonchev–Trinajstić information content (AvgIpc) is 3.00. The lowest BCUT2D eigenvalue weighted by atomic mass is 10.1. The van der Waals surface area contributed by atoms with Crippen LogP contribution in [0.4, 0.5) is 4.39 Å². The van der Waals surface area contributed by atoms with Crippen molar-refractivity contribution in [3.05, 3.63) is 56.5 Å². The largest absolute Gasteiger partial charge is 0.452 e. The van der Waals surface area contributed by atoms with Crippen molar-refractivity contribution in [2.24, 2.45) is 0 Å². The Balaban J connectivity index is 1.60. The summed E-state index contributed by atoms with van der Waals surface area (Å²) in [6, 6.07) is 5.90. The molecule has 0 spiro atoms. The lowest BCUT2D eigenvalue weighted by molar-refractivity contribution is -0.135. The number of rotatable bonds is 3. The minimum atomic E-state index is -0.935. The van der Waals surface area contributed by atoms with E-state index in [1.54, 1.807) is 16.2 Å². The second-order valence-corrected chi connectivity index (χ2v) is 6.51. The molecule has 1 aliphatic heterocycles. The zero-order chi connectivity index (χ0) is 16.4. The zero-order valence-electron chi connectivity index (χ0n) is 12.1. The number of thiophene rings is 1. The molecular weight excluding hydrogens is 341 g/mol. The standard InChI is InChI=1S/C16H13ClFNO3S/c17-11-2-1-3-12(18)15(11)16(21)22-9-14(20)19-6-4-13-10(8-19)5-7-23-13/h1-3,5,7H,4,6,8-9H2. The van der Waals surface area contributed by atoms with Gasteiger partial charge in [0.05, 0.1) is 5.02 Å². The van der Waals surface area contributed by atoms with E-state index in [0.717, 1.165) is 18.1 Å². The van der Waals surface area contributed by atoms with Gasteiger partial charge in [0, 0.05) is 18.0 Å². The van der Waals surface area contributed by atoms with Crippen molar-refractivity contribution < 1.29 is 18.7 Å². The summed E-state index contributed by atoms with van der Waals surface area (Å²) in [5.41, 5.74) is 0.777. The summed E-state index contributed by atoms with van der Waals surface area (Å²) in [6.45, 7) is 0.670. The maximum absolute atomic E-state index is 13.6.